The molecule has 0 aliphatic carbocycles. The Labute approximate surface area is 166 Å². The molecule has 0 atom stereocenters. The molecule has 0 saturated carbocycles. The minimum atomic E-state index is -0.126. The molecule has 0 heterocycles. The van der Waals surface area contributed by atoms with E-state index in [1.54, 1.807) is 12.1 Å². The van der Waals surface area contributed by atoms with Crippen molar-refractivity contribution in [2.75, 3.05) is 18.5 Å². The summed E-state index contributed by atoms with van der Waals surface area (Å²) in [5.74, 6) is 1.53. The molecule has 0 aliphatic heterocycles. The van der Waals surface area contributed by atoms with Crippen LogP contribution in [0.3, 0.4) is 0 Å². The highest BCUT2D eigenvalue weighted by atomic mass is 16.5. The number of ether oxygens (including phenoxy) is 2. The van der Waals surface area contributed by atoms with Crippen molar-refractivity contribution in [2.45, 2.75) is 19.8 Å². The van der Waals surface area contributed by atoms with Crippen molar-refractivity contribution in [1.29, 1.82) is 0 Å². The summed E-state index contributed by atoms with van der Waals surface area (Å²) in [6.07, 6.45) is 1.83. The van der Waals surface area contributed by atoms with Gasteiger partial charge in [-0.25, -0.2) is 0 Å². The monoisotopic (exact) mass is 375 g/mol. The Balaban J connectivity index is 1.38. The lowest BCUT2D eigenvalue weighted by Gasteiger charge is -2.10. The van der Waals surface area contributed by atoms with Gasteiger partial charge in [-0.05, 0) is 67.8 Å². The molecule has 3 aromatic carbocycles. The van der Waals surface area contributed by atoms with Crippen molar-refractivity contribution in [3.8, 4) is 11.5 Å². The lowest BCUT2D eigenvalue weighted by molar-refractivity contribution is 0.102. The number of amides is 1. The number of para-hydroxylation sites is 2. The summed E-state index contributed by atoms with van der Waals surface area (Å²) >= 11 is 0. The number of benzene rings is 3. The van der Waals surface area contributed by atoms with Crippen molar-refractivity contribution in [3.05, 3.63) is 90.0 Å². The molecule has 0 spiro atoms. The van der Waals surface area contributed by atoms with Gasteiger partial charge in [0.05, 0.1) is 13.2 Å². The average Bonchev–Trinajstić information content (AvgIpc) is 2.73. The number of carbonyl (C=O) groups is 1. The molecule has 0 bridgehead atoms. The second kappa shape index (κ2) is 10.2. The van der Waals surface area contributed by atoms with E-state index in [1.807, 2.05) is 73.7 Å². The van der Waals surface area contributed by atoms with Gasteiger partial charge in [-0.3, -0.25) is 4.79 Å². The Morgan fingerprint density at radius 2 is 1.32 bits per heavy atom. The topological polar surface area (TPSA) is 47.6 Å². The van der Waals surface area contributed by atoms with E-state index in [4.69, 9.17) is 9.47 Å². The Kier molecular flexibility index (Phi) is 7.08. The molecule has 0 fully saturated rings. The Morgan fingerprint density at radius 3 is 1.96 bits per heavy atom. The Morgan fingerprint density at radius 1 is 0.750 bits per heavy atom. The standard InChI is InChI=1S/C24H25NO3/c1-19-9-5-6-12-23(19)25-24(26)20-13-15-22(16-14-20)28-18-8-7-17-27-21-10-3-2-4-11-21/h2-6,9-16H,7-8,17-18H2,1H3,(H,25,26). The first-order valence-electron chi connectivity index (χ1n) is 9.50. The summed E-state index contributed by atoms with van der Waals surface area (Å²) in [6.45, 7) is 3.26. The first-order valence-corrected chi connectivity index (χ1v) is 9.50. The number of unbranched alkanes of at least 4 members (excludes halogenated alkanes) is 1. The van der Waals surface area contributed by atoms with Crippen LogP contribution < -0.4 is 14.8 Å². The van der Waals surface area contributed by atoms with Gasteiger partial charge in [0, 0.05) is 11.3 Å². The van der Waals surface area contributed by atoms with E-state index in [2.05, 4.69) is 5.32 Å². The van der Waals surface area contributed by atoms with E-state index >= 15 is 0 Å². The first-order chi connectivity index (χ1) is 13.7. The van der Waals surface area contributed by atoms with Crippen molar-refractivity contribution in [1.82, 2.24) is 0 Å². The molecule has 0 unspecified atom stereocenters. The van der Waals surface area contributed by atoms with Gasteiger partial charge in [0.25, 0.3) is 5.91 Å². The van der Waals surface area contributed by atoms with Gasteiger partial charge in [-0.2, -0.15) is 0 Å². The predicted molar refractivity (Wildman–Crippen MR) is 112 cm³/mol. The minimum absolute atomic E-state index is 0.126. The molecular weight excluding hydrogens is 350 g/mol. The molecule has 144 valence electrons. The van der Waals surface area contributed by atoms with Gasteiger partial charge < -0.3 is 14.8 Å². The largest absolute Gasteiger partial charge is 0.494 e. The van der Waals surface area contributed by atoms with E-state index in [0.29, 0.717) is 18.8 Å². The summed E-state index contributed by atoms with van der Waals surface area (Å²) in [5, 5.41) is 2.93. The SMILES string of the molecule is Cc1ccccc1NC(=O)c1ccc(OCCCCOc2ccccc2)cc1. The van der Waals surface area contributed by atoms with Crippen LogP contribution in [0.15, 0.2) is 78.9 Å². The van der Waals surface area contributed by atoms with Crippen LogP contribution in [0.25, 0.3) is 0 Å². The molecule has 0 radical (unpaired) electrons. The van der Waals surface area contributed by atoms with Crippen molar-refractivity contribution in [3.63, 3.8) is 0 Å². The molecule has 0 aromatic heterocycles. The van der Waals surface area contributed by atoms with Crippen molar-refractivity contribution < 1.29 is 14.3 Å². The smallest absolute Gasteiger partial charge is 0.255 e. The summed E-state index contributed by atoms with van der Waals surface area (Å²) in [7, 11) is 0. The average molecular weight is 375 g/mol. The molecular formula is C24H25NO3. The molecule has 4 nitrogen and oxygen atoms in total. The normalized spacial score (nSPS) is 10.3. The summed E-state index contributed by atoms with van der Waals surface area (Å²) in [4.78, 5) is 12.4. The summed E-state index contributed by atoms with van der Waals surface area (Å²) < 4.78 is 11.4. The number of hydrogen-bond donors (Lipinski definition) is 1. The van der Waals surface area contributed by atoms with E-state index in [0.717, 1.165) is 35.6 Å². The van der Waals surface area contributed by atoms with E-state index in [1.165, 1.54) is 0 Å². The second-order valence-corrected chi connectivity index (χ2v) is 6.51. The minimum Gasteiger partial charge on any atom is -0.494 e. The van der Waals surface area contributed by atoms with E-state index in [-0.39, 0.29) is 5.91 Å². The fourth-order valence-electron chi connectivity index (χ4n) is 2.71. The maximum absolute atomic E-state index is 12.4. The Hall–Kier alpha value is -3.27. The Bertz CT molecular complexity index is 876. The number of hydrogen-bond acceptors (Lipinski definition) is 3. The highest BCUT2D eigenvalue weighted by Gasteiger charge is 2.07. The molecule has 3 rings (SSSR count). The van der Waals surface area contributed by atoms with Crippen LogP contribution in [0.1, 0.15) is 28.8 Å². The van der Waals surface area contributed by atoms with Crippen LogP contribution in [0, 0.1) is 6.92 Å². The summed E-state index contributed by atoms with van der Waals surface area (Å²) in [6, 6.07) is 24.7. The lowest BCUT2D eigenvalue weighted by Crippen LogP contribution is -2.12. The molecule has 0 saturated heterocycles. The van der Waals surface area contributed by atoms with E-state index < -0.39 is 0 Å². The maximum Gasteiger partial charge on any atom is 0.255 e. The number of rotatable bonds is 9. The lowest BCUT2D eigenvalue weighted by atomic mass is 10.1. The second-order valence-electron chi connectivity index (χ2n) is 6.51. The third-order valence-electron chi connectivity index (χ3n) is 4.33. The fraction of sp³-hybridized carbons (Fsp3) is 0.208. The fourth-order valence-corrected chi connectivity index (χ4v) is 2.71. The third-order valence-corrected chi connectivity index (χ3v) is 4.33. The molecule has 1 N–H and O–H groups in total. The van der Waals surface area contributed by atoms with Crippen LogP contribution in [0.2, 0.25) is 0 Å². The van der Waals surface area contributed by atoms with Gasteiger partial charge in [-0.1, -0.05) is 36.4 Å². The van der Waals surface area contributed by atoms with Crippen LogP contribution in [0.5, 0.6) is 11.5 Å². The van der Waals surface area contributed by atoms with Gasteiger partial charge >= 0.3 is 0 Å². The van der Waals surface area contributed by atoms with Gasteiger partial charge in [0.2, 0.25) is 0 Å². The first kappa shape index (κ1) is 19.5. The molecule has 0 aliphatic rings. The van der Waals surface area contributed by atoms with E-state index in [9.17, 15) is 4.79 Å². The zero-order valence-electron chi connectivity index (χ0n) is 16.1. The van der Waals surface area contributed by atoms with Gasteiger partial charge in [0.15, 0.2) is 0 Å². The zero-order chi connectivity index (χ0) is 19.6. The van der Waals surface area contributed by atoms with Crippen LogP contribution in [-0.2, 0) is 0 Å². The van der Waals surface area contributed by atoms with Crippen LogP contribution in [-0.4, -0.2) is 19.1 Å². The van der Waals surface area contributed by atoms with Crippen LogP contribution in [0.4, 0.5) is 5.69 Å². The molecule has 1 amide bonds. The van der Waals surface area contributed by atoms with Gasteiger partial charge in [-0.15, -0.1) is 0 Å². The molecule has 3 aromatic rings. The predicted octanol–water partition coefficient (Wildman–Crippen LogP) is 5.49. The van der Waals surface area contributed by atoms with Crippen molar-refractivity contribution >= 4 is 11.6 Å². The highest BCUT2D eigenvalue weighted by molar-refractivity contribution is 6.04. The molecule has 4 heteroatoms. The number of anilines is 1. The third kappa shape index (κ3) is 5.88. The van der Waals surface area contributed by atoms with Gasteiger partial charge in [0.1, 0.15) is 11.5 Å². The number of carbonyl (C=O) groups excluding carboxylic acids is 1. The molecule has 28 heavy (non-hydrogen) atoms. The highest BCUT2D eigenvalue weighted by Crippen LogP contribution is 2.17. The van der Waals surface area contributed by atoms with Crippen molar-refractivity contribution in [2.24, 2.45) is 0 Å². The maximum atomic E-state index is 12.4. The van der Waals surface area contributed by atoms with Crippen LogP contribution >= 0.6 is 0 Å². The number of aryl methyl sites for hydroxylation is 1. The quantitative estimate of drug-likeness (QED) is 0.503. The summed E-state index contributed by atoms with van der Waals surface area (Å²) in [5.41, 5.74) is 2.46. The number of nitrogens with one attached hydrogen (secondary N) is 1. The zero-order valence-corrected chi connectivity index (χ0v) is 16.1.